The van der Waals surface area contributed by atoms with Gasteiger partial charge in [-0.15, -0.1) is 0 Å². The fourth-order valence-electron chi connectivity index (χ4n) is 1.85. The van der Waals surface area contributed by atoms with E-state index in [0.29, 0.717) is 13.2 Å². The Hall–Kier alpha value is -0.610. The Morgan fingerprint density at radius 3 is 3.07 bits per heavy atom. The third-order valence-electron chi connectivity index (χ3n) is 2.80. The Morgan fingerprint density at radius 2 is 2.40 bits per heavy atom. The lowest BCUT2D eigenvalue weighted by Gasteiger charge is -2.21. The molecule has 1 fully saturated rings. The first-order valence-electron chi connectivity index (χ1n) is 5.78. The van der Waals surface area contributed by atoms with Crippen LogP contribution in [-0.2, 0) is 9.53 Å². The van der Waals surface area contributed by atoms with Crippen LogP contribution in [0.3, 0.4) is 0 Å². The van der Waals surface area contributed by atoms with Crippen molar-refractivity contribution in [2.45, 2.75) is 38.6 Å². The normalized spacial score (nSPS) is 21.9. The van der Waals surface area contributed by atoms with Gasteiger partial charge in [0.15, 0.2) is 0 Å². The number of esters is 1. The van der Waals surface area contributed by atoms with Gasteiger partial charge >= 0.3 is 5.97 Å². The van der Waals surface area contributed by atoms with E-state index in [-0.39, 0.29) is 18.6 Å². The zero-order valence-corrected chi connectivity index (χ0v) is 9.45. The largest absolute Gasteiger partial charge is 0.465 e. The van der Waals surface area contributed by atoms with E-state index in [0.717, 1.165) is 32.2 Å². The number of carbonyl (C=O) groups excluding carboxylic acids is 1. The molecule has 0 saturated carbocycles. The van der Waals surface area contributed by atoms with Gasteiger partial charge in [-0.25, -0.2) is 0 Å². The molecule has 4 nitrogen and oxygen atoms in total. The summed E-state index contributed by atoms with van der Waals surface area (Å²) in [4.78, 5) is 13.4. The van der Waals surface area contributed by atoms with E-state index in [4.69, 9.17) is 9.84 Å². The molecule has 0 aromatic carbocycles. The van der Waals surface area contributed by atoms with Crippen molar-refractivity contribution in [3.8, 4) is 0 Å². The lowest BCUT2D eigenvalue weighted by molar-refractivity contribution is -0.145. The second-order valence-electron chi connectivity index (χ2n) is 4.02. The van der Waals surface area contributed by atoms with E-state index in [1.807, 2.05) is 4.90 Å². The molecule has 0 amide bonds. The zero-order chi connectivity index (χ0) is 11.1. The van der Waals surface area contributed by atoms with E-state index in [1.165, 1.54) is 0 Å². The van der Waals surface area contributed by atoms with Gasteiger partial charge < -0.3 is 9.84 Å². The van der Waals surface area contributed by atoms with Crippen LogP contribution in [0.5, 0.6) is 0 Å². The second kappa shape index (κ2) is 6.80. The summed E-state index contributed by atoms with van der Waals surface area (Å²) in [5.74, 6) is -0.163. The van der Waals surface area contributed by atoms with Crippen molar-refractivity contribution < 1.29 is 14.6 Å². The van der Waals surface area contributed by atoms with Gasteiger partial charge in [0.2, 0.25) is 0 Å². The summed E-state index contributed by atoms with van der Waals surface area (Å²) < 4.78 is 5.07. The first kappa shape index (κ1) is 12.5. The Labute approximate surface area is 91.2 Å². The van der Waals surface area contributed by atoms with Gasteiger partial charge in [-0.2, -0.15) is 0 Å². The number of nitrogens with zero attached hydrogens (tertiary/aromatic N) is 1. The Kier molecular flexibility index (Phi) is 5.65. The van der Waals surface area contributed by atoms with E-state index < -0.39 is 0 Å². The lowest BCUT2D eigenvalue weighted by Crippen LogP contribution is -2.37. The van der Waals surface area contributed by atoms with E-state index in [1.54, 1.807) is 0 Å². The molecule has 1 atom stereocenters. The minimum absolute atomic E-state index is 0.141. The minimum Gasteiger partial charge on any atom is -0.465 e. The predicted octanol–water partition coefficient (Wildman–Crippen LogP) is 0.786. The number of hydrogen-bond acceptors (Lipinski definition) is 4. The minimum atomic E-state index is -0.163. The standard InChI is InChI=1S/C11H21NO3/c1-2-3-7-15-11(14)8-12-6-4-5-10(12)9-13/h10,13H,2-9H2,1H3/t10-/m1/s1. The molecule has 1 aliphatic rings. The smallest absolute Gasteiger partial charge is 0.320 e. The molecule has 0 aromatic heterocycles. The third-order valence-corrected chi connectivity index (χ3v) is 2.80. The maximum Gasteiger partial charge on any atom is 0.320 e. The average Bonchev–Trinajstić information content (AvgIpc) is 2.65. The van der Waals surface area contributed by atoms with Gasteiger partial charge in [-0.05, 0) is 25.8 Å². The van der Waals surface area contributed by atoms with E-state index >= 15 is 0 Å². The molecule has 1 aliphatic heterocycles. The van der Waals surface area contributed by atoms with Crippen molar-refractivity contribution in [3.63, 3.8) is 0 Å². The van der Waals surface area contributed by atoms with Gasteiger partial charge in [0.25, 0.3) is 0 Å². The first-order chi connectivity index (χ1) is 7.27. The molecule has 88 valence electrons. The summed E-state index contributed by atoms with van der Waals surface area (Å²) in [5, 5.41) is 9.07. The highest BCUT2D eigenvalue weighted by molar-refractivity contribution is 5.71. The van der Waals surface area contributed by atoms with Crippen LogP contribution in [0.1, 0.15) is 32.6 Å². The average molecular weight is 215 g/mol. The SMILES string of the molecule is CCCCOC(=O)CN1CCC[C@@H]1CO. The number of unbranched alkanes of at least 4 members (excludes halogenated alkanes) is 1. The third kappa shape index (κ3) is 4.18. The van der Waals surface area contributed by atoms with Crippen LogP contribution in [-0.4, -0.2) is 48.3 Å². The summed E-state index contributed by atoms with van der Waals surface area (Å²) in [6, 6.07) is 0.156. The van der Waals surface area contributed by atoms with E-state index in [2.05, 4.69) is 6.92 Å². The molecular formula is C11H21NO3. The number of ether oxygens (including phenoxy) is 1. The molecule has 0 spiro atoms. The molecule has 0 unspecified atom stereocenters. The summed E-state index contributed by atoms with van der Waals surface area (Å²) in [7, 11) is 0. The number of likely N-dealkylation sites (tertiary alicyclic amines) is 1. The molecule has 0 aliphatic carbocycles. The predicted molar refractivity (Wildman–Crippen MR) is 57.5 cm³/mol. The molecule has 0 aromatic rings. The van der Waals surface area contributed by atoms with Gasteiger partial charge in [0, 0.05) is 6.04 Å². The summed E-state index contributed by atoms with van der Waals surface area (Å²) >= 11 is 0. The maximum atomic E-state index is 11.4. The monoisotopic (exact) mass is 215 g/mol. The molecule has 0 radical (unpaired) electrons. The van der Waals surface area contributed by atoms with Gasteiger partial charge in [0.05, 0.1) is 19.8 Å². The van der Waals surface area contributed by atoms with Crippen LogP contribution in [0.15, 0.2) is 0 Å². The van der Waals surface area contributed by atoms with Crippen molar-refractivity contribution >= 4 is 5.97 Å². The molecule has 1 rings (SSSR count). The number of hydrogen-bond donors (Lipinski definition) is 1. The molecule has 4 heteroatoms. The number of carbonyl (C=O) groups is 1. The number of aliphatic hydroxyl groups excluding tert-OH is 1. The van der Waals surface area contributed by atoms with Gasteiger partial charge in [-0.3, -0.25) is 9.69 Å². The summed E-state index contributed by atoms with van der Waals surface area (Å²) in [5.41, 5.74) is 0. The Bertz CT molecular complexity index is 196. The van der Waals surface area contributed by atoms with Crippen molar-refractivity contribution in [1.29, 1.82) is 0 Å². The van der Waals surface area contributed by atoms with Crippen LogP contribution < -0.4 is 0 Å². The highest BCUT2D eigenvalue weighted by Crippen LogP contribution is 2.15. The van der Waals surface area contributed by atoms with Crippen LogP contribution in [0.25, 0.3) is 0 Å². The molecule has 15 heavy (non-hydrogen) atoms. The van der Waals surface area contributed by atoms with E-state index in [9.17, 15) is 4.79 Å². The van der Waals surface area contributed by atoms with Crippen molar-refractivity contribution in [2.24, 2.45) is 0 Å². The van der Waals surface area contributed by atoms with Crippen LogP contribution in [0.4, 0.5) is 0 Å². The highest BCUT2D eigenvalue weighted by atomic mass is 16.5. The van der Waals surface area contributed by atoms with Crippen molar-refractivity contribution in [2.75, 3.05) is 26.3 Å². The van der Waals surface area contributed by atoms with Crippen LogP contribution in [0.2, 0.25) is 0 Å². The van der Waals surface area contributed by atoms with Gasteiger partial charge in [0.1, 0.15) is 0 Å². The summed E-state index contributed by atoms with van der Waals surface area (Å²) in [6.07, 6.45) is 4.01. The molecule has 1 heterocycles. The number of aliphatic hydroxyl groups is 1. The lowest BCUT2D eigenvalue weighted by atomic mass is 10.2. The quantitative estimate of drug-likeness (QED) is 0.525. The highest BCUT2D eigenvalue weighted by Gasteiger charge is 2.25. The topological polar surface area (TPSA) is 49.8 Å². The molecule has 1 saturated heterocycles. The first-order valence-corrected chi connectivity index (χ1v) is 5.78. The second-order valence-corrected chi connectivity index (χ2v) is 4.02. The zero-order valence-electron chi connectivity index (χ0n) is 9.45. The maximum absolute atomic E-state index is 11.4. The molecule has 1 N–H and O–H groups in total. The molecule has 0 bridgehead atoms. The fraction of sp³-hybridized carbons (Fsp3) is 0.909. The summed E-state index contributed by atoms with van der Waals surface area (Å²) in [6.45, 7) is 3.95. The Balaban J connectivity index is 2.19. The van der Waals surface area contributed by atoms with Crippen LogP contribution >= 0.6 is 0 Å². The van der Waals surface area contributed by atoms with Crippen molar-refractivity contribution in [3.05, 3.63) is 0 Å². The van der Waals surface area contributed by atoms with Gasteiger partial charge in [-0.1, -0.05) is 13.3 Å². The number of rotatable bonds is 6. The fourth-order valence-corrected chi connectivity index (χ4v) is 1.85. The van der Waals surface area contributed by atoms with Crippen molar-refractivity contribution in [1.82, 2.24) is 4.90 Å². The van der Waals surface area contributed by atoms with Crippen LogP contribution in [0, 0.1) is 0 Å². The molecular weight excluding hydrogens is 194 g/mol. The Morgan fingerprint density at radius 1 is 1.60 bits per heavy atom.